The minimum Gasteiger partial charge on any atom is -0.462 e. The van der Waals surface area contributed by atoms with Crippen LogP contribution < -0.4 is 0 Å². The van der Waals surface area contributed by atoms with E-state index in [0.29, 0.717) is 19.3 Å². The molecule has 0 saturated heterocycles. The number of ether oxygens (including phenoxy) is 3. The lowest BCUT2D eigenvalue weighted by Gasteiger charge is -2.18. The van der Waals surface area contributed by atoms with Gasteiger partial charge in [0.05, 0.1) is 0 Å². The molecule has 0 N–H and O–H groups in total. The van der Waals surface area contributed by atoms with Gasteiger partial charge in [0, 0.05) is 19.3 Å². The van der Waals surface area contributed by atoms with Gasteiger partial charge in [0.15, 0.2) is 6.10 Å². The van der Waals surface area contributed by atoms with E-state index in [4.69, 9.17) is 14.2 Å². The van der Waals surface area contributed by atoms with Crippen molar-refractivity contribution < 1.29 is 28.6 Å². The van der Waals surface area contributed by atoms with Crippen LogP contribution in [0.5, 0.6) is 0 Å². The molecule has 1 unspecified atom stereocenters. The van der Waals surface area contributed by atoms with E-state index >= 15 is 0 Å². The predicted octanol–water partition coefficient (Wildman–Crippen LogP) is 19.5. The summed E-state index contributed by atoms with van der Waals surface area (Å²) in [5, 5.41) is 0. The lowest BCUT2D eigenvalue weighted by molar-refractivity contribution is -0.167. The molecule has 0 aromatic rings. The molecule has 1 atom stereocenters. The molecule has 0 radical (unpaired) electrons. The molecule has 0 heterocycles. The average Bonchev–Trinajstić information content (AvgIpc) is 3.36. The summed E-state index contributed by atoms with van der Waals surface area (Å²) in [6.07, 6.45) is 77.9. The van der Waals surface area contributed by atoms with Crippen molar-refractivity contribution in [3.63, 3.8) is 0 Å². The Bertz CT molecular complexity index is 1440. The number of allylic oxidation sites excluding steroid dienone is 18. The highest BCUT2D eigenvalue weighted by atomic mass is 16.6. The summed E-state index contributed by atoms with van der Waals surface area (Å²) in [7, 11) is 0. The molecule has 398 valence electrons. The van der Waals surface area contributed by atoms with Crippen molar-refractivity contribution in [3.05, 3.63) is 109 Å². The van der Waals surface area contributed by atoms with E-state index in [-0.39, 0.29) is 31.1 Å². The lowest BCUT2D eigenvalue weighted by Crippen LogP contribution is -2.30. The number of hydrogen-bond donors (Lipinski definition) is 0. The molecule has 0 aromatic heterocycles. The van der Waals surface area contributed by atoms with Crippen molar-refractivity contribution >= 4 is 17.9 Å². The SMILES string of the molecule is CC/C=C\C/C=C\C/C=C\C/C=C\C/C=C\C/C=C\CCCCCCCCC(=O)OCC(COC(=O)CCCCCCCCCCCCCC)OC(=O)CCCCCCC/C=C\C/C=C\C/C=C\CC. The van der Waals surface area contributed by atoms with Crippen molar-refractivity contribution in [1.29, 1.82) is 0 Å². The summed E-state index contributed by atoms with van der Waals surface area (Å²) >= 11 is 0. The topological polar surface area (TPSA) is 78.9 Å². The fraction of sp³-hybridized carbons (Fsp3) is 0.672. The van der Waals surface area contributed by atoms with E-state index in [1.54, 1.807) is 0 Å². The van der Waals surface area contributed by atoms with E-state index in [1.807, 2.05) is 0 Å². The highest BCUT2D eigenvalue weighted by Gasteiger charge is 2.19. The van der Waals surface area contributed by atoms with Crippen LogP contribution in [0, 0.1) is 0 Å². The van der Waals surface area contributed by atoms with E-state index in [1.165, 1.54) is 70.6 Å². The van der Waals surface area contributed by atoms with Crippen molar-refractivity contribution in [2.45, 2.75) is 264 Å². The fourth-order valence-electron chi connectivity index (χ4n) is 7.75. The third-order valence-corrected chi connectivity index (χ3v) is 12.0. The minimum absolute atomic E-state index is 0.0894. The Labute approximate surface area is 431 Å². The number of carbonyl (C=O) groups is 3. The second-order valence-corrected chi connectivity index (χ2v) is 18.8. The molecule has 6 heteroatoms. The summed E-state index contributed by atoms with van der Waals surface area (Å²) in [6.45, 7) is 6.39. The van der Waals surface area contributed by atoms with Gasteiger partial charge in [-0.1, -0.05) is 246 Å². The quantitative estimate of drug-likeness (QED) is 0.0262. The van der Waals surface area contributed by atoms with E-state index in [9.17, 15) is 14.4 Å². The zero-order chi connectivity index (χ0) is 50.7. The van der Waals surface area contributed by atoms with Gasteiger partial charge in [0.25, 0.3) is 0 Å². The molecule has 0 aliphatic carbocycles. The van der Waals surface area contributed by atoms with E-state index in [0.717, 1.165) is 148 Å². The molecule has 0 fully saturated rings. The zero-order valence-electron chi connectivity index (χ0n) is 45.5. The van der Waals surface area contributed by atoms with Crippen LogP contribution in [-0.2, 0) is 28.6 Å². The average molecular weight is 972 g/mol. The first-order valence-corrected chi connectivity index (χ1v) is 28.9. The first kappa shape index (κ1) is 66.1. The Morgan fingerprint density at radius 3 is 0.871 bits per heavy atom. The molecule has 0 rings (SSSR count). The maximum Gasteiger partial charge on any atom is 0.306 e. The number of rotatable bonds is 51. The normalized spacial score (nSPS) is 12.9. The molecule has 0 spiro atoms. The van der Waals surface area contributed by atoms with Crippen LogP contribution in [0.4, 0.5) is 0 Å². The largest absolute Gasteiger partial charge is 0.462 e. The summed E-state index contributed by atoms with van der Waals surface area (Å²) in [5.74, 6) is -0.921. The Hall–Kier alpha value is -3.93. The van der Waals surface area contributed by atoms with Crippen LogP contribution in [0.3, 0.4) is 0 Å². The van der Waals surface area contributed by atoms with Gasteiger partial charge in [-0.2, -0.15) is 0 Å². The van der Waals surface area contributed by atoms with Gasteiger partial charge >= 0.3 is 17.9 Å². The Morgan fingerprint density at radius 1 is 0.300 bits per heavy atom. The molecular weight excluding hydrogens is 865 g/mol. The predicted molar refractivity (Wildman–Crippen MR) is 302 cm³/mol. The fourth-order valence-corrected chi connectivity index (χ4v) is 7.75. The molecule has 0 amide bonds. The van der Waals surface area contributed by atoms with Crippen molar-refractivity contribution in [3.8, 4) is 0 Å². The number of unbranched alkanes of at least 4 members (excludes halogenated alkanes) is 22. The molecule has 70 heavy (non-hydrogen) atoms. The third-order valence-electron chi connectivity index (χ3n) is 12.0. The van der Waals surface area contributed by atoms with Gasteiger partial charge in [0.1, 0.15) is 13.2 Å². The minimum atomic E-state index is -0.794. The molecule has 0 aromatic carbocycles. The standard InChI is InChI=1S/C64H106O6/c1-4-7-10-13-16-19-22-25-27-28-29-30-31-32-33-34-35-36-38-39-42-45-48-51-54-57-63(66)69-60-61(59-68-62(65)56-53-50-47-44-41-24-21-18-15-12-9-6-3)70-64(67)58-55-52-49-46-43-40-37-26-23-20-17-14-11-8-5-2/h7-8,10-11,16-17,19-20,25-27,29-30,32-33,35-37,61H,4-6,9,12-15,18,21-24,28,31,34,38-60H2,1-3H3/b10-7-,11-8-,19-16-,20-17-,27-25-,30-29-,33-32-,36-35-,37-26-. The Balaban J connectivity index is 4.37. The molecule has 0 aliphatic rings. The zero-order valence-corrected chi connectivity index (χ0v) is 45.5. The summed E-state index contributed by atoms with van der Waals surface area (Å²) in [5.41, 5.74) is 0. The van der Waals surface area contributed by atoms with Gasteiger partial charge in [-0.25, -0.2) is 0 Å². The number of carbonyl (C=O) groups excluding carboxylic acids is 3. The van der Waals surface area contributed by atoms with Crippen LogP contribution >= 0.6 is 0 Å². The van der Waals surface area contributed by atoms with Crippen molar-refractivity contribution in [2.24, 2.45) is 0 Å². The maximum absolute atomic E-state index is 12.8. The molecule has 0 bridgehead atoms. The third kappa shape index (κ3) is 55.0. The highest BCUT2D eigenvalue weighted by molar-refractivity contribution is 5.71. The lowest BCUT2D eigenvalue weighted by atomic mass is 10.0. The smallest absolute Gasteiger partial charge is 0.306 e. The number of hydrogen-bond acceptors (Lipinski definition) is 6. The molecule has 0 aliphatic heterocycles. The summed E-state index contributed by atoms with van der Waals surface area (Å²) in [4.78, 5) is 38.1. The first-order valence-electron chi connectivity index (χ1n) is 28.9. The van der Waals surface area contributed by atoms with Crippen molar-refractivity contribution in [2.75, 3.05) is 13.2 Å². The Morgan fingerprint density at radius 2 is 0.557 bits per heavy atom. The van der Waals surface area contributed by atoms with E-state index in [2.05, 4.69) is 130 Å². The maximum atomic E-state index is 12.8. The van der Waals surface area contributed by atoms with Gasteiger partial charge < -0.3 is 14.2 Å². The van der Waals surface area contributed by atoms with Crippen LogP contribution in [0.25, 0.3) is 0 Å². The molecule has 0 saturated carbocycles. The molecule has 6 nitrogen and oxygen atoms in total. The van der Waals surface area contributed by atoms with Gasteiger partial charge in [-0.15, -0.1) is 0 Å². The summed E-state index contributed by atoms with van der Waals surface area (Å²) in [6, 6.07) is 0. The van der Waals surface area contributed by atoms with Crippen LogP contribution in [0.2, 0.25) is 0 Å². The number of esters is 3. The molecular formula is C64H106O6. The van der Waals surface area contributed by atoms with E-state index < -0.39 is 6.10 Å². The monoisotopic (exact) mass is 971 g/mol. The van der Waals surface area contributed by atoms with Gasteiger partial charge in [0.2, 0.25) is 0 Å². The summed E-state index contributed by atoms with van der Waals surface area (Å²) < 4.78 is 16.8. The second-order valence-electron chi connectivity index (χ2n) is 18.8. The Kier molecular flexibility index (Phi) is 54.4. The van der Waals surface area contributed by atoms with Crippen molar-refractivity contribution in [1.82, 2.24) is 0 Å². The van der Waals surface area contributed by atoms with Crippen LogP contribution in [0.15, 0.2) is 109 Å². The van der Waals surface area contributed by atoms with Gasteiger partial charge in [-0.05, 0) is 103 Å². The second kappa shape index (κ2) is 57.6. The van der Waals surface area contributed by atoms with Gasteiger partial charge in [-0.3, -0.25) is 14.4 Å². The first-order chi connectivity index (χ1) is 34.5. The van der Waals surface area contributed by atoms with Crippen LogP contribution in [-0.4, -0.2) is 37.2 Å². The van der Waals surface area contributed by atoms with Crippen LogP contribution in [0.1, 0.15) is 258 Å². The highest BCUT2D eigenvalue weighted by Crippen LogP contribution is 2.15.